The van der Waals surface area contributed by atoms with Gasteiger partial charge in [-0.1, -0.05) is 22.9 Å². The Kier molecular flexibility index (Phi) is 2.96. The number of imidazole rings is 1. The van der Waals surface area contributed by atoms with E-state index >= 15 is 0 Å². The van der Waals surface area contributed by atoms with Crippen LogP contribution in [-0.4, -0.2) is 14.4 Å². The number of halogens is 1. The van der Waals surface area contributed by atoms with Crippen LogP contribution in [0.25, 0.3) is 0 Å². The molecule has 1 saturated carbocycles. The zero-order valence-corrected chi connectivity index (χ0v) is 10.4. The van der Waals surface area contributed by atoms with Gasteiger partial charge >= 0.3 is 0 Å². The normalized spacial score (nSPS) is 33.2. The molecular weight excluding hydrogens is 240 g/mol. The molecule has 1 aromatic rings. The van der Waals surface area contributed by atoms with Crippen LogP contribution in [0.2, 0.25) is 0 Å². The predicted octanol–water partition coefficient (Wildman–Crippen LogP) is 3.09. The van der Waals surface area contributed by atoms with E-state index in [0.717, 1.165) is 5.92 Å². The molecule has 0 saturated heterocycles. The summed E-state index contributed by atoms with van der Waals surface area (Å²) in [7, 11) is 2.09. The fourth-order valence-corrected chi connectivity index (χ4v) is 3.03. The molecule has 3 atom stereocenters. The van der Waals surface area contributed by atoms with E-state index in [2.05, 4.69) is 39.5 Å². The Morgan fingerprint density at radius 1 is 1.50 bits per heavy atom. The summed E-state index contributed by atoms with van der Waals surface area (Å²) in [5.74, 6) is 2.65. The molecule has 2 rings (SSSR count). The standard InChI is InChI=1S/C11H17BrN2/c1-8-3-4-9(12)7-10(8)11-13-5-6-14(11)2/h5-6,8-10H,3-4,7H2,1-2H3. The smallest absolute Gasteiger partial charge is 0.111 e. The third kappa shape index (κ3) is 1.88. The summed E-state index contributed by atoms with van der Waals surface area (Å²) < 4.78 is 2.16. The fraction of sp³-hybridized carbons (Fsp3) is 0.727. The lowest BCUT2D eigenvalue weighted by Gasteiger charge is -2.31. The molecule has 1 fully saturated rings. The molecule has 0 radical (unpaired) electrons. The maximum atomic E-state index is 4.47. The second-order valence-electron chi connectivity index (χ2n) is 4.39. The number of hydrogen-bond acceptors (Lipinski definition) is 1. The van der Waals surface area contributed by atoms with E-state index in [9.17, 15) is 0 Å². The molecule has 2 nitrogen and oxygen atoms in total. The van der Waals surface area contributed by atoms with Crippen molar-refractivity contribution < 1.29 is 0 Å². The zero-order chi connectivity index (χ0) is 10.1. The highest BCUT2D eigenvalue weighted by Gasteiger charge is 2.29. The molecule has 0 aliphatic heterocycles. The highest BCUT2D eigenvalue weighted by Crippen LogP contribution is 2.39. The molecule has 0 amide bonds. The van der Waals surface area contributed by atoms with E-state index in [0.29, 0.717) is 10.7 Å². The van der Waals surface area contributed by atoms with Crippen molar-refractivity contribution in [1.82, 2.24) is 9.55 Å². The first-order valence-corrected chi connectivity index (χ1v) is 6.21. The number of hydrogen-bond donors (Lipinski definition) is 0. The first-order valence-electron chi connectivity index (χ1n) is 5.29. The van der Waals surface area contributed by atoms with Gasteiger partial charge in [0.2, 0.25) is 0 Å². The average molecular weight is 257 g/mol. The van der Waals surface area contributed by atoms with Crippen molar-refractivity contribution in [1.29, 1.82) is 0 Å². The Morgan fingerprint density at radius 3 is 2.93 bits per heavy atom. The van der Waals surface area contributed by atoms with Crippen LogP contribution in [-0.2, 0) is 7.05 Å². The summed E-state index contributed by atoms with van der Waals surface area (Å²) >= 11 is 3.73. The highest BCUT2D eigenvalue weighted by atomic mass is 79.9. The van der Waals surface area contributed by atoms with E-state index in [1.165, 1.54) is 25.1 Å². The first-order chi connectivity index (χ1) is 6.68. The SMILES string of the molecule is CC1CCC(Br)CC1c1nccn1C. The van der Waals surface area contributed by atoms with E-state index in [4.69, 9.17) is 0 Å². The van der Waals surface area contributed by atoms with Crippen molar-refractivity contribution in [2.45, 2.75) is 36.9 Å². The number of aryl methyl sites for hydroxylation is 1. The highest BCUT2D eigenvalue weighted by molar-refractivity contribution is 9.09. The van der Waals surface area contributed by atoms with Gasteiger partial charge in [-0.25, -0.2) is 4.98 Å². The van der Waals surface area contributed by atoms with Gasteiger partial charge in [-0.15, -0.1) is 0 Å². The summed E-state index contributed by atoms with van der Waals surface area (Å²) in [6, 6.07) is 0. The van der Waals surface area contributed by atoms with Crippen molar-refractivity contribution in [2.75, 3.05) is 0 Å². The summed E-state index contributed by atoms with van der Waals surface area (Å²) in [4.78, 5) is 5.15. The van der Waals surface area contributed by atoms with Gasteiger partial charge in [0.15, 0.2) is 0 Å². The third-order valence-electron chi connectivity index (χ3n) is 3.32. The van der Waals surface area contributed by atoms with Crippen LogP contribution in [0, 0.1) is 5.92 Å². The van der Waals surface area contributed by atoms with Crippen LogP contribution in [0.4, 0.5) is 0 Å². The maximum absolute atomic E-state index is 4.47. The van der Waals surface area contributed by atoms with Crippen molar-refractivity contribution in [3.8, 4) is 0 Å². The number of aromatic nitrogens is 2. The minimum atomic E-state index is 0.633. The van der Waals surface area contributed by atoms with Crippen molar-refractivity contribution in [2.24, 2.45) is 13.0 Å². The monoisotopic (exact) mass is 256 g/mol. The Bertz CT molecular complexity index is 308. The van der Waals surface area contributed by atoms with Crippen molar-refractivity contribution >= 4 is 15.9 Å². The molecular formula is C11H17BrN2. The Morgan fingerprint density at radius 2 is 2.29 bits per heavy atom. The van der Waals surface area contributed by atoms with Gasteiger partial charge in [-0.05, 0) is 25.2 Å². The molecule has 3 unspecified atom stereocenters. The second-order valence-corrected chi connectivity index (χ2v) is 5.69. The predicted molar refractivity (Wildman–Crippen MR) is 61.7 cm³/mol. The van der Waals surface area contributed by atoms with Gasteiger partial charge < -0.3 is 4.57 Å². The van der Waals surface area contributed by atoms with Gasteiger partial charge in [0.05, 0.1) is 0 Å². The quantitative estimate of drug-likeness (QED) is 0.707. The molecule has 1 aromatic heterocycles. The van der Waals surface area contributed by atoms with E-state index in [1.807, 2.05) is 12.4 Å². The van der Waals surface area contributed by atoms with Crippen molar-refractivity contribution in [3.05, 3.63) is 18.2 Å². The van der Waals surface area contributed by atoms with E-state index < -0.39 is 0 Å². The molecule has 14 heavy (non-hydrogen) atoms. The van der Waals surface area contributed by atoms with Crippen LogP contribution in [0.15, 0.2) is 12.4 Å². The molecule has 0 bridgehead atoms. The molecule has 1 aliphatic carbocycles. The van der Waals surface area contributed by atoms with Crippen LogP contribution in [0.5, 0.6) is 0 Å². The van der Waals surface area contributed by atoms with Gasteiger partial charge in [0.1, 0.15) is 5.82 Å². The number of alkyl halides is 1. The molecule has 1 aliphatic rings. The van der Waals surface area contributed by atoms with Crippen molar-refractivity contribution in [3.63, 3.8) is 0 Å². The largest absolute Gasteiger partial charge is 0.338 e. The minimum absolute atomic E-state index is 0.633. The third-order valence-corrected chi connectivity index (χ3v) is 4.15. The maximum Gasteiger partial charge on any atom is 0.111 e. The number of rotatable bonds is 1. The van der Waals surface area contributed by atoms with Gasteiger partial charge in [-0.2, -0.15) is 0 Å². The summed E-state index contributed by atoms with van der Waals surface area (Å²) in [6.07, 6.45) is 7.79. The van der Waals surface area contributed by atoms with Crippen LogP contribution in [0.1, 0.15) is 37.9 Å². The average Bonchev–Trinajstić information content (AvgIpc) is 2.56. The molecule has 0 aromatic carbocycles. The second kappa shape index (κ2) is 4.05. The minimum Gasteiger partial charge on any atom is -0.338 e. The van der Waals surface area contributed by atoms with Crippen LogP contribution < -0.4 is 0 Å². The summed E-state index contributed by atoms with van der Waals surface area (Å²) in [6.45, 7) is 2.35. The lowest BCUT2D eigenvalue weighted by Crippen LogP contribution is -2.23. The van der Waals surface area contributed by atoms with Gasteiger partial charge in [0, 0.05) is 30.2 Å². The molecule has 0 N–H and O–H groups in total. The van der Waals surface area contributed by atoms with Gasteiger partial charge in [-0.3, -0.25) is 0 Å². The number of nitrogens with zero attached hydrogens (tertiary/aromatic N) is 2. The topological polar surface area (TPSA) is 17.8 Å². The molecule has 3 heteroatoms. The zero-order valence-electron chi connectivity index (χ0n) is 8.78. The Balaban J connectivity index is 2.20. The van der Waals surface area contributed by atoms with Crippen LogP contribution in [0.3, 0.4) is 0 Å². The summed E-state index contributed by atoms with van der Waals surface area (Å²) in [5, 5.41) is 0. The Labute approximate surface area is 93.9 Å². The molecule has 78 valence electrons. The fourth-order valence-electron chi connectivity index (χ4n) is 2.36. The first kappa shape index (κ1) is 10.2. The lowest BCUT2D eigenvalue weighted by molar-refractivity contribution is 0.324. The van der Waals surface area contributed by atoms with Crippen LogP contribution >= 0.6 is 15.9 Å². The Hall–Kier alpha value is -0.310. The lowest BCUT2D eigenvalue weighted by atomic mass is 9.80. The van der Waals surface area contributed by atoms with E-state index in [-0.39, 0.29) is 0 Å². The molecule has 1 heterocycles. The molecule has 0 spiro atoms. The summed E-state index contributed by atoms with van der Waals surface area (Å²) in [5.41, 5.74) is 0. The van der Waals surface area contributed by atoms with Gasteiger partial charge in [0.25, 0.3) is 0 Å². The van der Waals surface area contributed by atoms with E-state index in [1.54, 1.807) is 0 Å².